The topological polar surface area (TPSA) is 71.1 Å². The van der Waals surface area contributed by atoms with Crippen LogP contribution in [0.4, 0.5) is 0 Å². The molecule has 1 aromatic carbocycles. The summed E-state index contributed by atoms with van der Waals surface area (Å²) in [6.45, 7) is 10.4. The second kappa shape index (κ2) is 6.89. The highest BCUT2D eigenvalue weighted by Gasteiger charge is 2.24. The Morgan fingerprint density at radius 3 is 1.32 bits per heavy atom. The van der Waals surface area contributed by atoms with E-state index in [2.05, 4.69) is 0 Å². The van der Waals surface area contributed by atoms with Crippen LogP contribution in [-0.2, 0) is 19.6 Å². The van der Waals surface area contributed by atoms with Crippen molar-refractivity contribution < 1.29 is 29.1 Å². The molecule has 0 saturated heterocycles. The van der Waals surface area contributed by atoms with Crippen LogP contribution in [0.3, 0.4) is 0 Å². The highest BCUT2D eigenvalue weighted by Crippen LogP contribution is 2.16. The minimum absolute atomic E-state index is 0.0364. The van der Waals surface area contributed by atoms with Gasteiger partial charge in [-0.15, -0.1) is 0 Å². The number of hydrogen-bond acceptors (Lipinski definition) is 6. The van der Waals surface area contributed by atoms with Gasteiger partial charge in [-0.05, 0) is 53.7 Å². The maximum absolute atomic E-state index is 12.0. The third-order valence-corrected chi connectivity index (χ3v) is 2.10. The second-order valence-electron chi connectivity index (χ2n) is 6.68. The molecule has 122 valence electrons. The molecular weight excluding hydrogens is 288 g/mol. The van der Waals surface area contributed by atoms with Crippen LogP contribution in [0.5, 0.6) is 0 Å². The molecule has 0 fully saturated rings. The van der Waals surface area contributed by atoms with E-state index < -0.39 is 23.1 Å². The lowest BCUT2D eigenvalue weighted by molar-refractivity contribution is -0.302. The van der Waals surface area contributed by atoms with Crippen LogP contribution in [0.15, 0.2) is 24.3 Å². The van der Waals surface area contributed by atoms with Crippen LogP contribution in [0.1, 0.15) is 62.3 Å². The Balaban J connectivity index is 2.85. The average molecular weight is 310 g/mol. The Morgan fingerprint density at radius 1 is 0.727 bits per heavy atom. The first kappa shape index (κ1) is 18.1. The van der Waals surface area contributed by atoms with Crippen LogP contribution in [0.2, 0.25) is 0 Å². The summed E-state index contributed by atoms with van der Waals surface area (Å²) >= 11 is 0. The van der Waals surface area contributed by atoms with Gasteiger partial charge >= 0.3 is 11.9 Å². The van der Waals surface area contributed by atoms with E-state index >= 15 is 0 Å². The third-order valence-electron chi connectivity index (χ3n) is 2.10. The van der Waals surface area contributed by atoms with Gasteiger partial charge in [0, 0.05) is 0 Å². The molecule has 0 aromatic heterocycles. The molecule has 0 bridgehead atoms. The van der Waals surface area contributed by atoms with Crippen molar-refractivity contribution in [2.75, 3.05) is 0 Å². The van der Waals surface area contributed by atoms with Gasteiger partial charge in [-0.3, -0.25) is 9.78 Å². The van der Waals surface area contributed by atoms with Crippen LogP contribution in [0.25, 0.3) is 0 Å². The van der Waals surface area contributed by atoms with Crippen molar-refractivity contribution in [3.05, 3.63) is 35.4 Å². The van der Waals surface area contributed by atoms with Gasteiger partial charge in [-0.1, -0.05) is 12.1 Å². The summed E-state index contributed by atoms with van der Waals surface area (Å²) in [6, 6.07) is 6.11. The molecule has 22 heavy (non-hydrogen) atoms. The SMILES string of the molecule is CC(C)(C)OOC(=O)c1ccccc1C(=O)OOC(C)(C)C. The highest BCUT2D eigenvalue weighted by molar-refractivity contribution is 6.02. The van der Waals surface area contributed by atoms with E-state index in [0.717, 1.165) is 0 Å². The third kappa shape index (κ3) is 6.24. The van der Waals surface area contributed by atoms with Crippen LogP contribution in [0, 0.1) is 0 Å². The molecule has 6 heteroatoms. The summed E-state index contributed by atoms with van der Waals surface area (Å²) in [6.07, 6.45) is 0. The lowest BCUT2D eigenvalue weighted by Crippen LogP contribution is -2.24. The van der Waals surface area contributed by atoms with E-state index in [4.69, 9.17) is 19.6 Å². The number of rotatable bonds is 4. The highest BCUT2D eigenvalue weighted by atomic mass is 17.2. The maximum atomic E-state index is 12.0. The van der Waals surface area contributed by atoms with E-state index in [1.807, 2.05) is 0 Å². The van der Waals surface area contributed by atoms with E-state index in [1.54, 1.807) is 53.7 Å². The molecule has 0 atom stereocenters. The molecule has 0 spiro atoms. The Morgan fingerprint density at radius 2 is 1.05 bits per heavy atom. The van der Waals surface area contributed by atoms with Gasteiger partial charge in [0.15, 0.2) is 0 Å². The molecule has 0 amide bonds. The van der Waals surface area contributed by atoms with Crippen molar-refractivity contribution in [2.24, 2.45) is 0 Å². The number of carbonyl (C=O) groups excluding carboxylic acids is 2. The molecule has 0 saturated carbocycles. The van der Waals surface area contributed by atoms with E-state index in [-0.39, 0.29) is 11.1 Å². The molecule has 1 aromatic rings. The smallest absolute Gasteiger partial charge is 0.292 e. The fourth-order valence-corrected chi connectivity index (χ4v) is 1.25. The molecule has 0 aliphatic carbocycles. The van der Waals surface area contributed by atoms with Crippen molar-refractivity contribution in [3.8, 4) is 0 Å². The van der Waals surface area contributed by atoms with Crippen molar-refractivity contribution >= 4 is 11.9 Å². The zero-order chi connectivity index (χ0) is 17.0. The van der Waals surface area contributed by atoms with Crippen LogP contribution < -0.4 is 0 Å². The fourth-order valence-electron chi connectivity index (χ4n) is 1.25. The number of benzene rings is 1. The zero-order valence-corrected chi connectivity index (χ0v) is 13.8. The quantitative estimate of drug-likeness (QED) is 0.626. The van der Waals surface area contributed by atoms with Gasteiger partial charge in [0.1, 0.15) is 11.2 Å². The van der Waals surface area contributed by atoms with Crippen molar-refractivity contribution in [1.82, 2.24) is 0 Å². The van der Waals surface area contributed by atoms with E-state index in [9.17, 15) is 9.59 Å². The van der Waals surface area contributed by atoms with Crippen molar-refractivity contribution in [3.63, 3.8) is 0 Å². The van der Waals surface area contributed by atoms with Gasteiger partial charge in [-0.25, -0.2) is 9.59 Å². The summed E-state index contributed by atoms with van der Waals surface area (Å²) in [5, 5.41) is 0. The first-order valence-corrected chi connectivity index (χ1v) is 6.89. The second-order valence-corrected chi connectivity index (χ2v) is 6.68. The zero-order valence-electron chi connectivity index (χ0n) is 13.8. The lowest BCUT2D eigenvalue weighted by Gasteiger charge is -2.18. The largest absolute Gasteiger partial charge is 0.373 e. The normalized spacial score (nSPS) is 11.9. The summed E-state index contributed by atoms with van der Waals surface area (Å²) in [4.78, 5) is 43.4. The molecule has 0 aliphatic rings. The van der Waals surface area contributed by atoms with Crippen LogP contribution in [-0.4, -0.2) is 23.1 Å². The van der Waals surface area contributed by atoms with E-state index in [0.29, 0.717) is 0 Å². The number of hydrogen-bond donors (Lipinski definition) is 0. The van der Waals surface area contributed by atoms with Crippen molar-refractivity contribution in [1.29, 1.82) is 0 Å². The maximum Gasteiger partial charge on any atom is 0.373 e. The minimum Gasteiger partial charge on any atom is -0.292 e. The molecule has 0 unspecified atom stereocenters. The summed E-state index contributed by atoms with van der Waals surface area (Å²) < 4.78 is 0. The molecule has 6 nitrogen and oxygen atoms in total. The standard InChI is InChI=1S/C16H22O6/c1-15(2,3)21-19-13(17)11-9-7-8-10-12(11)14(18)20-22-16(4,5)6/h7-10H,1-6H3. The predicted octanol–water partition coefficient (Wildman–Crippen LogP) is 3.46. The first-order chi connectivity index (χ1) is 9.99. The van der Waals surface area contributed by atoms with Gasteiger partial charge in [0.25, 0.3) is 0 Å². The lowest BCUT2D eigenvalue weighted by atomic mass is 10.1. The Labute approximate surface area is 130 Å². The average Bonchev–Trinajstić information content (AvgIpc) is 2.40. The van der Waals surface area contributed by atoms with Gasteiger partial charge in [0.2, 0.25) is 0 Å². The van der Waals surface area contributed by atoms with E-state index in [1.165, 1.54) is 12.1 Å². The van der Waals surface area contributed by atoms with Crippen molar-refractivity contribution in [2.45, 2.75) is 52.7 Å². The fraction of sp³-hybridized carbons (Fsp3) is 0.500. The monoisotopic (exact) mass is 310 g/mol. The molecule has 0 radical (unpaired) electrons. The first-order valence-electron chi connectivity index (χ1n) is 6.89. The molecular formula is C16H22O6. The van der Waals surface area contributed by atoms with Gasteiger partial charge in [-0.2, -0.15) is 9.78 Å². The van der Waals surface area contributed by atoms with Crippen LogP contribution >= 0.6 is 0 Å². The minimum atomic E-state index is -0.779. The molecule has 0 heterocycles. The Kier molecular flexibility index (Phi) is 5.68. The predicted molar refractivity (Wildman–Crippen MR) is 78.9 cm³/mol. The summed E-state index contributed by atoms with van der Waals surface area (Å²) in [5.74, 6) is -1.56. The molecule has 1 rings (SSSR count). The molecule has 0 aliphatic heterocycles. The Hall–Kier alpha value is -1.92. The molecule has 0 N–H and O–H groups in total. The summed E-state index contributed by atoms with van der Waals surface area (Å²) in [5.41, 5.74) is -1.23. The summed E-state index contributed by atoms with van der Waals surface area (Å²) in [7, 11) is 0. The van der Waals surface area contributed by atoms with Gasteiger partial charge < -0.3 is 0 Å². The number of carbonyl (C=O) groups is 2. The Bertz CT molecular complexity index is 487. The van der Waals surface area contributed by atoms with Gasteiger partial charge in [0.05, 0.1) is 11.1 Å².